The van der Waals surface area contributed by atoms with Gasteiger partial charge in [0.05, 0.1) is 19.3 Å². The lowest BCUT2D eigenvalue weighted by molar-refractivity contribution is -0.128. The molecule has 146 valence electrons. The molecular formula is C21H28N2O4. The molecule has 0 saturated carbocycles. The molecule has 3 heterocycles. The Balaban J connectivity index is 1.37. The minimum Gasteiger partial charge on any atom is -0.487 e. The van der Waals surface area contributed by atoms with Crippen LogP contribution in [0.15, 0.2) is 24.3 Å². The fraction of sp³-hybridized carbons (Fsp3) is 0.619. The van der Waals surface area contributed by atoms with E-state index in [1.165, 1.54) is 0 Å². The first-order chi connectivity index (χ1) is 13.2. The first kappa shape index (κ1) is 18.3. The SMILES string of the molecule is O=C(CCCN1CCCC1=O)N[C@@H]1CC2(CCOCC2)Oc2ccccc21. The molecule has 0 bridgehead atoms. The molecule has 0 aromatic heterocycles. The Labute approximate surface area is 160 Å². The molecule has 1 aromatic carbocycles. The maximum atomic E-state index is 12.6. The van der Waals surface area contributed by atoms with Crippen LogP contribution in [0.25, 0.3) is 0 Å². The smallest absolute Gasteiger partial charge is 0.222 e. The highest BCUT2D eigenvalue weighted by molar-refractivity contribution is 5.78. The second-order valence-electron chi connectivity index (χ2n) is 7.85. The molecule has 6 nitrogen and oxygen atoms in total. The molecule has 3 aliphatic heterocycles. The topological polar surface area (TPSA) is 67.9 Å². The van der Waals surface area contributed by atoms with Crippen molar-refractivity contribution in [1.82, 2.24) is 10.2 Å². The van der Waals surface area contributed by atoms with Crippen LogP contribution in [0.3, 0.4) is 0 Å². The minimum atomic E-state index is -0.244. The Bertz CT molecular complexity index is 699. The number of rotatable bonds is 5. The number of nitrogens with one attached hydrogen (secondary N) is 1. The molecule has 4 rings (SSSR count). The number of hydrogen-bond acceptors (Lipinski definition) is 4. The number of carbonyl (C=O) groups excluding carboxylic acids is 2. The number of hydrogen-bond donors (Lipinski definition) is 1. The number of benzene rings is 1. The molecule has 3 aliphatic rings. The van der Waals surface area contributed by atoms with Crippen LogP contribution in [-0.2, 0) is 14.3 Å². The Morgan fingerprint density at radius 1 is 1.26 bits per heavy atom. The van der Waals surface area contributed by atoms with Crippen molar-refractivity contribution in [2.24, 2.45) is 0 Å². The molecule has 1 spiro atoms. The standard InChI is InChI=1S/C21H28N2O4/c24-19(7-3-11-23-12-4-8-20(23)25)22-17-15-21(9-13-26-14-10-21)27-18-6-2-1-5-16(17)18/h1-2,5-6,17H,3-4,7-15H2,(H,22,24)/t17-/m1/s1. The average molecular weight is 372 g/mol. The van der Waals surface area contributed by atoms with Crippen LogP contribution >= 0.6 is 0 Å². The maximum Gasteiger partial charge on any atom is 0.222 e. The van der Waals surface area contributed by atoms with E-state index >= 15 is 0 Å². The molecule has 0 aliphatic carbocycles. The first-order valence-corrected chi connectivity index (χ1v) is 10.1. The van der Waals surface area contributed by atoms with Crippen molar-refractivity contribution in [3.63, 3.8) is 0 Å². The molecule has 27 heavy (non-hydrogen) atoms. The highest BCUT2D eigenvalue weighted by atomic mass is 16.5. The average Bonchev–Trinajstić information content (AvgIpc) is 3.07. The van der Waals surface area contributed by atoms with Gasteiger partial charge in [-0.15, -0.1) is 0 Å². The number of fused-ring (bicyclic) bond motifs is 1. The molecule has 0 radical (unpaired) electrons. The Morgan fingerprint density at radius 3 is 2.85 bits per heavy atom. The van der Waals surface area contributed by atoms with E-state index in [1.54, 1.807) is 0 Å². The highest BCUT2D eigenvalue weighted by Gasteiger charge is 2.42. The number of amides is 2. The summed E-state index contributed by atoms with van der Waals surface area (Å²) in [6, 6.07) is 7.96. The van der Waals surface area contributed by atoms with Crippen molar-refractivity contribution < 1.29 is 19.1 Å². The second-order valence-corrected chi connectivity index (χ2v) is 7.85. The molecule has 1 aromatic rings. The van der Waals surface area contributed by atoms with Gasteiger partial charge in [0.25, 0.3) is 0 Å². The third-order valence-electron chi connectivity index (χ3n) is 5.94. The van der Waals surface area contributed by atoms with Gasteiger partial charge in [-0.3, -0.25) is 9.59 Å². The summed E-state index contributed by atoms with van der Waals surface area (Å²) in [4.78, 5) is 26.1. The third kappa shape index (κ3) is 4.10. The van der Waals surface area contributed by atoms with E-state index in [1.807, 2.05) is 29.2 Å². The van der Waals surface area contributed by atoms with Crippen molar-refractivity contribution >= 4 is 11.8 Å². The summed E-state index contributed by atoms with van der Waals surface area (Å²) in [5.74, 6) is 1.14. The number of para-hydroxylation sites is 1. The van der Waals surface area contributed by atoms with Crippen molar-refractivity contribution in [1.29, 1.82) is 0 Å². The van der Waals surface area contributed by atoms with E-state index in [9.17, 15) is 9.59 Å². The monoisotopic (exact) mass is 372 g/mol. The van der Waals surface area contributed by atoms with Crippen LogP contribution in [-0.4, -0.2) is 48.6 Å². The number of ether oxygens (including phenoxy) is 2. The Kier molecular flexibility index (Phi) is 5.34. The zero-order valence-corrected chi connectivity index (χ0v) is 15.7. The van der Waals surface area contributed by atoms with Crippen molar-refractivity contribution in [3.8, 4) is 5.75 Å². The highest BCUT2D eigenvalue weighted by Crippen LogP contribution is 2.43. The van der Waals surface area contributed by atoms with E-state index in [2.05, 4.69) is 5.32 Å². The van der Waals surface area contributed by atoms with Crippen molar-refractivity contribution in [2.75, 3.05) is 26.3 Å². The summed E-state index contributed by atoms with van der Waals surface area (Å²) in [5.41, 5.74) is 0.810. The molecule has 2 saturated heterocycles. The van der Waals surface area contributed by atoms with Crippen LogP contribution < -0.4 is 10.1 Å². The van der Waals surface area contributed by atoms with Gasteiger partial charge in [0.2, 0.25) is 11.8 Å². The Morgan fingerprint density at radius 2 is 2.07 bits per heavy atom. The van der Waals surface area contributed by atoms with Gasteiger partial charge in [0, 0.05) is 50.8 Å². The van der Waals surface area contributed by atoms with Gasteiger partial charge < -0.3 is 19.7 Å². The summed E-state index contributed by atoms with van der Waals surface area (Å²) < 4.78 is 11.9. The van der Waals surface area contributed by atoms with Gasteiger partial charge in [-0.25, -0.2) is 0 Å². The fourth-order valence-electron chi connectivity index (χ4n) is 4.43. The molecule has 1 N–H and O–H groups in total. The summed E-state index contributed by atoms with van der Waals surface area (Å²) in [6.07, 6.45) is 5.23. The lowest BCUT2D eigenvalue weighted by atomic mass is 9.82. The maximum absolute atomic E-state index is 12.6. The summed E-state index contributed by atoms with van der Waals surface area (Å²) in [7, 11) is 0. The third-order valence-corrected chi connectivity index (χ3v) is 5.94. The van der Waals surface area contributed by atoms with E-state index in [0.717, 1.165) is 43.5 Å². The van der Waals surface area contributed by atoms with Crippen LogP contribution in [0.4, 0.5) is 0 Å². The molecule has 6 heteroatoms. The van der Waals surface area contributed by atoms with E-state index < -0.39 is 0 Å². The van der Waals surface area contributed by atoms with Crippen LogP contribution in [0.2, 0.25) is 0 Å². The van der Waals surface area contributed by atoms with Gasteiger partial charge in [-0.05, 0) is 18.9 Å². The number of nitrogens with zero attached hydrogens (tertiary/aromatic N) is 1. The normalized spacial score (nSPS) is 23.8. The van der Waals surface area contributed by atoms with Gasteiger partial charge in [-0.2, -0.15) is 0 Å². The van der Waals surface area contributed by atoms with Crippen molar-refractivity contribution in [3.05, 3.63) is 29.8 Å². The summed E-state index contributed by atoms with van der Waals surface area (Å²) in [5, 5.41) is 3.22. The molecule has 2 amide bonds. The molecule has 0 unspecified atom stereocenters. The molecular weight excluding hydrogens is 344 g/mol. The zero-order chi connectivity index (χ0) is 18.7. The largest absolute Gasteiger partial charge is 0.487 e. The van der Waals surface area contributed by atoms with Gasteiger partial charge in [0.15, 0.2) is 0 Å². The van der Waals surface area contributed by atoms with E-state index in [-0.39, 0.29) is 23.5 Å². The van der Waals surface area contributed by atoms with Gasteiger partial charge in [-0.1, -0.05) is 18.2 Å². The minimum absolute atomic E-state index is 0.0334. The quantitative estimate of drug-likeness (QED) is 0.863. The predicted molar refractivity (Wildman–Crippen MR) is 100 cm³/mol. The predicted octanol–water partition coefficient (Wildman–Crippen LogP) is 2.58. The van der Waals surface area contributed by atoms with Crippen molar-refractivity contribution in [2.45, 2.75) is 56.6 Å². The Hall–Kier alpha value is -2.08. The summed E-state index contributed by atoms with van der Waals surface area (Å²) >= 11 is 0. The first-order valence-electron chi connectivity index (χ1n) is 10.1. The molecule has 2 fully saturated rings. The lowest BCUT2D eigenvalue weighted by Crippen LogP contribution is -2.48. The zero-order valence-electron chi connectivity index (χ0n) is 15.7. The van der Waals surface area contributed by atoms with Crippen LogP contribution in [0, 0.1) is 0 Å². The van der Waals surface area contributed by atoms with Crippen LogP contribution in [0.1, 0.15) is 56.6 Å². The van der Waals surface area contributed by atoms with E-state index in [0.29, 0.717) is 39.0 Å². The summed E-state index contributed by atoms with van der Waals surface area (Å²) in [6.45, 7) is 2.91. The van der Waals surface area contributed by atoms with E-state index in [4.69, 9.17) is 9.47 Å². The second kappa shape index (κ2) is 7.89. The number of carbonyl (C=O) groups is 2. The van der Waals surface area contributed by atoms with Gasteiger partial charge >= 0.3 is 0 Å². The number of likely N-dealkylation sites (tertiary alicyclic amines) is 1. The fourth-order valence-corrected chi connectivity index (χ4v) is 4.43. The lowest BCUT2D eigenvalue weighted by Gasteiger charge is -2.44. The molecule has 1 atom stereocenters. The van der Waals surface area contributed by atoms with Gasteiger partial charge in [0.1, 0.15) is 11.4 Å². The van der Waals surface area contributed by atoms with Crippen LogP contribution in [0.5, 0.6) is 5.75 Å².